The van der Waals surface area contributed by atoms with E-state index >= 15 is 0 Å². The van der Waals surface area contributed by atoms with E-state index in [2.05, 4.69) is 10.2 Å². The molecule has 78 valence electrons. The number of rotatable bonds is 4. The molecule has 0 atom stereocenters. The van der Waals surface area contributed by atoms with Gasteiger partial charge in [0.2, 0.25) is 6.41 Å². The topological polar surface area (TPSA) is 41.6 Å². The minimum absolute atomic E-state index is 0. The standard InChI is InChI=1S/C9H18N2O2.H2/c1-9(2,10-8-12)7-11-3-5-13-6-4-11;/h8H,3-7H2,1-2H3,(H,10,12);1H. The van der Waals surface area contributed by atoms with Gasteiger partial charge >= 0.3 is 0 Å². The van der Waals surface area contributed by atoms with E-state index in [9.17, 15) is 4.79 Å². The van der Waals surface area contributed by atoms with E-state index in [-0.39, 0.29) is 6.97 Å². The van der Waals surface area contributed by atoms with Gasteiger partial charge in [-0.15, -0.1) is 0 Å². The zero-order valence-electron chi connectivity index (χ0n) is 8.38. The average molecular weight is 188 g/mol. The number of carbonyl (C=O) groups is 1. The monoisotopic (exact) mass is 188 g/mol. The van der Waals surface area contributed by atoms with Crippen molar-refractivity contribution in [3.63, 3.8) is 0 Å². The minimum atomic E-state index is -0.140. The van der Waals surface area contributed by atoms with E-state index in [0.717, 1.165) is 39.3 Å². The largest absolute Gasteiger partial charge is 0.379 e. The van der Waals surface area contributed by atoms with Crippen LogP contribution in [0.2, 0.25) is 0 Å². The predicted molar refractivity (Wildman–Crippen MR) is 52.7 cm³/mol. The van der Waals surface area contributed by atoms with Crippen molar-refractivity contribution in [2.24, 2.45) is 0 Å². The summed E-state index contributed by atoms with van der Waals surface area (Å²) in [5, 5.41) is 2.81. The van der Waals surface area contributed by atoms with Gasteiger partial charge in [0.15, 0.2) is 0 Å². The Hall–Kier alpha value is -0.610. The summed E-state index contributed by atoms with van der Waals surface area (Å²) in [5.41, 5.74) is -0.140. The van der Waals surface area contributed by atoms with Gasteiger partial charge in [-0.3, -0.25) is 9.69 Å². The van der Waals surface area contributed by atoms with Crippen LogP contribution >= 0.6 is 0 Å². The molecule has 0 radical (unpaired) electrons. The first-order valence-electron chi connectivity index (χ1n) is 4.65. The number of nitrogens with zero attached hydrogens (tertiary/aromatic N) is 1. The van der Waals surface area contributed by atoms with E-state index in [1.165, 1.54) is 0 Å². The molecule has 1 saturated heterocycles. The van der Waals surface area contributed by atoms with Crippen LogP contribution in [0.1, 0.15) is 15.3 Å². The Labute approximate surface area is 80.7 Å². The molecule has 13 heavy (non-hydrogen) atoms. The molecule has 1 heterocycles. The number of hydrogen-bond acceptors (Lipinski definition) is 3. The molecular formula is C9H20N2O2. The van der Waals surface area contributed by atoms with E-state index in [1.54, 1.807) is 0 Å². The number of carbonyl (C=O) groups excluding carboxylic acids is 1. The van der Waals surface area contributed by atoms with Crippen LogP contribution in [0.15, 0.2) is 0 Å². The van der Waals surface area contributed by atoms with Gasteiger partial charge < -0.3 is 10.1 Å². The van der Waals surface area contributed by atoms with Gasteiger partial charge in [0.1, 0.15) is 0 Å². The molecule has 0 saturated carbocycles. The number of morpholine rings is 1. The maximum Gasteiger partial charge on any atom is 0.207 e. The van der Waals surface area contributed by atoms with Crippen molar-refractivity contribution in [1.29, 1.82) is 0 Å². The SMILES string of the molecule is CC(C)(CN1CCOCC1)NC=O.[HH]. The highest BCUT2D eigenvalue weighted by atomic mass is 16.5. The number of nitrogens with one attached hydrogen (secondary N) is 1. The molecule has 0 aliphatic carbocycles. The second-order valence-electron chi connectivity index (χ2n) is 4.03. The molecule has 4 nitrogen and oxygen atoms in total. The molecule has 4 heteroatoms. The normalized spacial score (nSPS) is 19.8. The second-order valence-corrected chi connectivity index (χ2v) is 4.03. The van der Waals surface area contributed by atoms with Gasteiger partial charge in [0.05, 0.1) is 13.2 Å². The maximum atomic E-state index is 10.3. The Bertz CT molecular complexity index is 170. The highest BCUT2D eigenvalue weighted by Crippen LogP contribution is 2.06. The minimum Gasteiger partial charge on any atom is -0.379 e. The van der Waals surface area contributed by atoms with Gasteiger partial charge in [-0.25, -0.2) is 0 Å². The van der Waals surface area contributed by atoms with Crippen LogP contribution in [0.25, 0.3) is 0 Å². The quantitative estimate of drug-likeness (QED) is 0.636. The number of hydrogen-bond donors (Lipinski definition) is 1. The van der Waals surface area contributed by atoms with Crippen molar-refractivity contribution in [2.75, 3.05) is 32.8 Å². The summed E-state index contributed by atoms with van der Waals surface area (Å²) in [6.45, 7) is 8.46. The molecule has 0 unspecified atom stereocenters. The molecule has 0 spiro atoms. The van der Waals surface area contributed by atoms with Crippen LogP contribution in [0.3, 0.4) is 0 Å². The molecule has 1 aliphatic rings. The van der Waals surface area contributed by atoms with E-state index in [4.69, 9.17) is 4.74 Å². The van der Waals surface area contributed by atoms with Crippen LogP contribution in [-0.4, -0.2) is 49.7 Å². The summed E-state index contributed by atoms with van der Waals surface area (Å²) in [4.78, 5) is 12.6. The maximum absolute atomic E-state index is 10.3. The summed E-state index contributed by atoms with van der Waals surface area (Å²) in [5.74, 6) is 0. The van der Waals surface area contributed by atoms with Crippen molar-refractivity contribution in [3.8, 4) is 0 Å². The molecule has 0 aromatic carbocycles. The Balaban J connectivity index is 0.00000169. The zero-order valence-corrected chi connectivity index (χ0v) is 8.38. The Morgan fingerprint density at radius 2 is 2.15 bits per heavy atom. The van der Waals surface area contributed by atoms with Gasteiger partial charge in [-0.05, 0) is 13.8 Å². The molecule has 1 amide bonds. The Kier molecular flexibility index (Phi) is 3.69. The molecule has 1 rings (SSSR count). The average Bonchev–Trinajstić information content (AvgIpc) is 2.04. The summed E-state index contributed by atoms with van der Waals surface area (Å²) >= 11 is 0. The lowest BCUT2D eigenvalue weighted by atomic mass is 10.1. The van der Waals surface area contributed by atoms with Crippen molar-refractivity contribution in [1.82, 2.24) is 10.2 Å². The predicted octanol–water partition coefficient (Wildman–Crippen LogP) is 0.0892. The smallest absolute Gasteiger partial charge is 0.207 e. The van der Waals surface area contributed by atoms with Crippen LogP contribution < -0.4 is 5.32 Å². The molecule has 1 N–H and O–H groups in total. The fraction of sp³-hybridized carbons (Fsp3) is 0.889. The first kappa shape index (κ1) is 10.5. The van der Waals surface area contributed by atoms with E-state index < -0.39 is 0 Å². The molecule has 0 bridgehead atoms. The number of amides is 1. The third kappa shape index (κ3) is 3.74. The van der Waals surface area contributed by atoms with Crippen LogP contribution in [-0.2, 0) is 9.53 Å². The second kappa shape index (κ2) is 4.58. The molecule has 1 fully saturated rings. The third-order valence-corrected chi connectivity index (χ3v) is 2.17. The fourth-order valence-corrected chi connectivity index (χ4v) is 1.52. The van der Waals surface area contributed by atoms with Crippen LogP contribution in [0, 0.1) is 0 Å². The van der Waals surface area contributed by atoms with E-state index in [1.807, 2.05) is 13.8 Å². The van der Waals surface area contributed by atoms with E-state index in [0.29, 0.717) is 0 Å². The first-order valence-corrected chi connectivity index (χ1v) is 4.65. The van der Waals surface area contributed by atoms with Gasteiger partial charge in [0, 0.05) is 26.6 Å². The zero-order chi connectivity index (χ0) is 9.73. The fourth-order valence-electron chi connectivity index (χ4n) is 1.52. The van der Waals surface area contributed by atoms with Crippen molar-refractivity contribution in [3.05, 3.63) is 0 Å². The third-order valence-electron chi connectivity index (χ3n) is 2.17. The van der Waals surface area contributed by atoms with Crippen molar-refractivity contribution in [2.45, 2.75) is 19.4 Å². The Morgan fingerprint density at radius 3 is 2.69 bits per heavy atom. The molecule has 0 aromatic rings. The highest BCUT2D eigenvalue weighted by molar-refractivity contribution is 5.47. The summed E-state index contributed by atoms with van der Waals surface area (Å²) in [6.07, 6.45) is 0.764. The molecule has 1 aliphatic heterocycles. The number of ether oxygens (including phenoxy) is 1. The summed E-state index contributed by atoms with van der Waals surface area (Å²) < 4.78 is 5.24. The Morgan fingerprint density at radius 1 is 1.54 bits per heavy atom. The van der Waals surface area contributed by atoms with Gasteiger partial charge in [-0.1, -0.05) is 0 Å². The highest BCUT2D eigenvalue weighted by Gasteiger charge is 2.21. The first-order chi connectivity index (χ1) is 6.14. The lowest BCUT2D eigenvalue weighted by molar-refractivity contribution is -0.111. The molecular weight excluding hydrogens is 168 g/mol. The lowest BCUT2D eigenvalue weighted by Gasteiger charge is -2.34. The van der Waals surface area contributed by atoms with Crippen LogP contribution in [0.4, 0.5) is 0 Å². The van der Waals surface area contributed by atoms with Crippen molar-refractivity contribution >= 4 is 6.41 Å². The van der Waals surface area contributed by atoms with Crippen LogP contribution in [0.5, 0.6) is 0 Å². The lowest BCUT2D eigenvalue weighted by Crippen LogP contribution is -2.51. The van der Waals surface area contributed by atoms with Crippen molar-refractivity contribution < 1.29 is 11.0 Å². The van der Waals surface area contributed by atoms with Gasteiger partial charge in [0.25, 0.3) is 0 Å². The van der Waals surface area contributed by atoms with Gasteiger partial charge in [-0.2, -0.15) is 0 Å². The summed E-state index contributed by atoms with van der Waals surface area (Å²) in [6, 6.07) is 0. The summed E-state index contributed by atoms with van der Waals surface area (Å²) in [7, 11) is 0. The molecule has 0 aromatic heterocycles.